The number of hydrogen-bond acceptors (Lipinski definition) is 5. The molecule has 8 nitrogen and oxygen atoms in total. The molecule has 0 spiro atoms. The van der Waals surface area contributed by atoms with Crippen LogP contribution >= 0.6 is 23.2 Å². The van der Waals surface area contributed by atoms with Crippen LogP contribution in [0.2, 0.25) is 10.0 Å². The van der Waals surface area contributed by atoms with E-state index in [1.165, 1.54) is 28.7 Å². The monoisotopic (exact) mass is 417 g/mol. The van der Waals surface area contributed by atoms with Crippen molar-refractivity contribution in [1.82, 2.24) is 24.6 Å². The molecule has 1 saturated heterocycles. The number of nitrogens with one attached hydrogen (secondary N) is 1. The molecule has 1 aliphatic rings. The highest BCUT2D eigenvalue weighted by atomic mass is 35.5. The second kappa shape index (κ2) is 7.15. The summed E-state index contributed by atoms with van der Waals surface area (Å²) in [6.07, 6.45) is 1.34. The van der Waals surface area contributed by atoms with Gasteiger partial charge >= 0.3 is 0 Å². The molecule has 1 amide bonds. The van der Waals surface area contributed by atoms with Gasteiger partial charge in [-0.15, -0.1) is 5.10 Å². The van der Waals surface area contributed by atoms with Gasteiger partial charge in [0, 0.05) is 30.2 Å². The number of hydrogen-bond donors (Lipinski definition) is 1. The summed E-state index contributed by atoms with van der Waals surface area (Å²) < 4.78 is 27.5. The van der Waals surface area contributed by atoms with Crippen molar-refractivity contribution in [1.29, 1.82) is 0 Å². The molecule has 1 aromatic heterocycles. The number of benzene rings is 1. The molecular weight excluding hydrogens is 401 g/mol. The number of sulfonamides is 1. The SMILES string of the molecule is C[C@@H]1CN(C(=O)c2cnn[nH]2)[C@@H](C)CN1S(=O)(=O)c1cc(Cl)ccc1Cl. The Morgan fingerprint density at radius 3 is 2.62 bits per heavy atom. The van der Waals surface area contributed by atoms with Crippen LogP contribution in [0.25, 0.3) is 0 Å². The highest BCUT2D eigenvalue weighted by Gasteiger charge is 2.40. The Bertz CT molecular complexity index is 919. The molecule has 1 aromatic carbocycles. The molecular formula is C15H17Cl2N5O3S. The van der Waals surface area contributed by atoms with Crippen molar-refractivity contribution in [2.24, 2.45) is 0 Å². The average Bonchev–Trinajstić information content (AvgIpc) is 3.12. The van der Waals surface area contributed by atoms with Crippen molar-refractivity contribution < 1.29 is 13.2 Å². The standard InChI is InChI=1S/C15H17Cl2N5O3S/c1-9-8-22(26(24,25)14-5-11(16)3-4-12(14)17)10(2)7-21(9)15(23)13-6-18-20-19-13/h3-6,9-10H,7-8H2,1-2H3,(H,18,19,20)/t9-,10+/m0/s1. The Kier molecular flexibility index (Phi) is 5.25. The lowest BCUT2D eigenvalue weighted by molar-refractivity contribution is 0.0501. The largest absolute Gasteiger partial charge is 0.332 e. The number of piperazine rings is 1. The molecule has 2 heterocycles. The number of amides is 1. The molecule has 2 aromatic rings. The van der Waals surface area contributed by atoms with E-state index in [0.29, 0.717) is 0 Å². The van der Waals surface area contributed by atoms with Crippen molar-refractivity contribution >= 4 is 39.1 Å². The van der Waals surface area contributed by atoms with Crippen LogP contribution in [-0.2, 0) is 10.0 Å². The molecule has 11 heteroatoms. The third-order valence-corrected chi connectivity index (χ3v) is 7.01. The van der Waals surface area contributed by atoms with Gasteiger partial charge in [0.05, 0.1) is 11.2 Å². The second-order valence-corrected chi connectivity index (χ2v) is 8.88. The van der Waals surface area contributed by atoms with E-state index < -0.39 is 16.1 Å². The molecule has 0 bridgehead atoms. The fourth-order valence-corrected chi connectivity index (χ4v) is 5.41. The minimum Gasteiger partial charge on any atom is -0.332 e. The molecule has 140 valence electrons. The van der Waals surface area contributed by atoms with Gasteiger partial charge < -0.3 is 4.90 Å². The first-order valence-corrected chi connectivity index (χ1v) is 10.1. The van der Waals surface area contributed by atoms with Crippen molar-refractivity contribution in [3.63, 3.8) is 0 Å². The minimum absolute atomic E-state index is 0.0386. The lowest BCUT2D eigenvalue weighted by Gasteiger charge is -2.43. The summed E-state index contributed by atoms with van der Waals surface area (Å²) in [6, 6.07) is 3.55. The molecule has 1 N–H and O–H groups in total. The summed E-state index contributed by atoms with van der Waals surface area (Å²) in [4.78, 5) is 14.1. The summed E-state index contributed by atoms with van der Waals surface area (Å²) >= 11 is 12.0. The van der Waals surface area contributed by atoms with E-state index in [4.69, 9.17) is 23.2 Å². The first-order chi connectivity index (χ1) is 12.2. The lowest BCUT2D eigenvalue weighted by Crippen LogP contribution is -2.59. The molecule has 0 unspecified atom stereocenters. The molecule has 1 aliphatic heterocycles. The quantitative estimate of drug-likeness (QED) is 0.823. The molecule has 0 radical (unpaired) electrons. The molecule has 3 rings (SSSR count). The van der Waals surface area contributed by atoms with E-state index in [0.717, 1.165) is 0 Å². The van der Waals surface area contributed by atoms with Crippen LogP contribution in [0.1, 0.15) is 24.3 Å². The second-order valence-electron chi connectivity index (χ2n) is 6.18. The predicted octanol–water partition coefficient (Wildman–Crippen LogP) is 2.04. The molecule has 2 atom stereocenters. The molecule has 0 saturated carbocycles. The fourth-order valence-electron chi connectivity index (χ4n) is 2.97. The van der Waals surface area contributed by atoms with E-state index in [2.05, 4.69) is 15.4 Å². The third kappa shape index (κ3) is 3.44. The van der Waals surface area contributed by atoms with E-state index in [-0.39, 0.29) is 45.7 Å². The summed E-state index contributed by atoms with van der Waals surface area (Å²) in [5.74, 6) is -0.271. The van der Waals surface area contributed by atoms with Crippen LogP contribution in [0.4, 0.5) is 0 Å². The summed E-state index contributed by atoms with van der Waals surface area (Å²) in [5.41, 5.74) is 0.262. The average molecular weight is 418 g/mol. The van der Waals surface area contributed by atoms with E-state index in [1.807, 2.05) is 0 Å². The summed E-state index contributed by atoms with van der Waals surface area (Å²) in [7, 11) is -3.85. The Labute approximate surface area is 161 Å². The zero-order chi connectivity index (χ0) is 19.1. The van der Waals surface area contributed by atoms with Crippen LogP contribution in [0.5, 0.6) is 0 Å². The van der Waals surface area contributed by atoms with Crippen molar-refractivity contribution in [2.45, 2.75) is 30.8 Å². The number of rotatable bonds is 3. The van der Waals surface area contributed by atoms with Crippen LogP contribution in [-0.4, -0.2) is 64.1 Å². The number of aromatic amines is 1. The van der Waals surface area contributed by atoms with Gasteiger partial charge in [0.25, 0.3) is 5.91 Å². The van der Waals surface area contributed by atoms with Crippen molar-refractivity contribution in [3.8, 4) is 0 Å². The van der Waals surface area contributed by atoms with E-state index >= 15 is 0 Å². The first kappa shape index (κ1) is 19.1. The molecule has 1 fully saturated rings. The number of carbonyl (C=O) groups is 1. The van der Waals surface area contributed by atoms with Gasteiger partial charge in [0.1, 0.15) is 10.6 Å². The Balaban J connectivity index is 1.87. The molecule has 26 heavy (non-hydrogen) atoms. The van der Waals surface area contributed by atoms with Crippen LogP contribution < -0.4 is 0 Å². The topological polar surface area (TPSA) is 99.3 Å². The zero-order valence-corrected chi connectivity index (χ0v) is 16.4. The third-order valence-electron chi connectivity index (χ3n) is 4.31. The normalized spacial score (nSPS) is 21.8. The first-order valence-electron chi connectivity index (χ1n) is 7.85. The maximum absolute atomic E-state index is 13.1. The van der Waals surface area contributed by atoms with E-state index in [1.54, 1.807) is 18.7 Å². The number of aromatic nitrogens is 3. The number of H-pyrrole nitrogens is 1. The van der Waals surface area contributed by atoms with Crippen LogP contribution in [0.15, 0.2) is 29.3 Å². The lowest BCUT2D eigenvalue weighted by atomic mass is 10.1. The Morgan fingerprint density at radius 1 is 1.23 bits per heavy atom. The van der Waals surface area contributed by atoms with Gasteiger partial charge in [-0.1, -0.05) is 28.4 Å². The Hall–Kier alpha value is -1.68. The predicted molar refractivity (Wildman–Crippen MR) is 96.7 cm³/mol. The summed E-state index contributed by atoms with van der Waals surface area (Å²) in [6.45, 7) is 3.90. The maximum atomic E-state index is 13.1. The number of carbonyl (C=O) groups excluding carboxylic acids is 1. The van der Waals surface area contributed by atoms with Gasteiger partial charge in [0.2, 0.25) is 10.0 Å². The number of nitrogens with zero attached hydrogens (tertiary/aromatic N) is 4. The van der Waals surface area contributed by atoms with Gasteiger partial charge in [0.15, 0.2) is 0 Å². The Morgan fingerprint density at radius 2 is 1.96 bits per heavy atom. The molecule has 0 aliphatic carbocycles. The highest BCUT2D eigenvalue weighted by molar-refractivity contribution is 7.89. The smallest absolute Gasteiger partial charge is 0.273 e. The van der Waals surface area contributed by atoms with Gasteiger partial charge in [-0.2, -0.15) is 4.31 Å². The number of halogens is 2. The van der Waals surface area contributed by atoms with E-state index in [9.17, 15) is 13.2 Å². The minimum atomic E-state index is -3.85. The summed E-state index contributed by atoms with van der Waals surface area (Å²) in [5, 5.41) is 10.1. The highest BCUT2D eigenvalue weighted by Crippen LogP contribution is 2.31. The van der Waals surface area contributed by atoms with Crippen LogP contribution in [0, 0.1) is 0 Å². The van der Waals surface area contributed by atoms with Gasteiger partial charge in [-0.25, -0.2) is 8.42 Å². The fraction of sp³-hybridized carbons (Fsp3) is 0.400. The van der Waals surface area contributed by atoms with Crippen molar-refractivity contribution in [2.75, 3.05) is 13.1 Å². The maximum Gasteiger partial charge on any atom is 0.273 e. The van der Waals surface area contributed by atoms with Crippen molar-refractivity contribution in [3.05, 3.63) is 40.1 Å². The van der Waals surface area contributed by atoms with Gasteiger partial charge in [-0.3, -0.25) is 9.89 Å². The zero-order valence-electron chi connectivity index (χ0n) is 14.1. The van der Waals surface area contributed by atoms with Crippen LogP contribution in [0.3, 0.4) is 0 Å². The van der Waals surface area contributed by atoms with Gasteiger partial charge in [-0.05, 0) is 32.0 Å².